The standard InChI is InChI=1S/C15H16N2O4/c1-3-10-8-17(15(20)16-14(10)19)9-13(18)11-4-6-12(21-2)7-5-11/h4-8H,3,9H2,1-2H3,(H,16,19,20). The number of H-pyrrole nitrogens is 1. The van der Waals surface area contributed by atoms with Crippen molar-refractivity contribution in [2.75, 3.05) is 7.11 Å². The van der Waals surface area contributed by atoms with E-state index in [1.54, 1.807) is 31.4 Å². The van der Waals surface area contributed by atoms with Gasteiger partial charge in [-0.1, -0.05) is 6.92 Å². The summed E-state index contributed by atoms with van der Waals surface area (Å²) in [7, 11) is 1.54. The molecule has 1 N–H and O–H groups in total. The van der Waals surface area contributed by atoms with Crippen LogP contribution >= 0.6 is 0 Å². The second-order valence-corrected chi connectivity index (χ2v) is 4.55. The Balaban J connectivity index is 2.26. The van der Waals surface area contributed by atoms with Gasteiger partial charge in [-0.25, -0.2) is 4.79 Å². The monoisotopic (exact) mass is 288 g/mol. The number of ether oxygens (including phenoxy) is 1. The Morgan fingerprint density at radius 1 is 1.24 bits per heavy atom. The molecule has 2 rings (SSSR count). The van der Waals surface area contributed by atoms with Crippen LogP contribution in [0, 0.1) is 0 Å². The van der Waals surface area contributed by atoms with Crippen LogP contribution in [-0.2, 0) is 13.0 Å². The first-order valence-electron chi connectivity index (χ1n) is 6.55. The summed E-state index contributed by atoms with van der Waals surface area (Å²) in [6, 6.07) is 6.64. The first-order chi connectivity index (χ1) is 10.0. The number of hydrogen-bond acceptors (Lipinski definition) is 4. The van der Waals surface area contributed by atoms with Crippen LogP contribution in [0.4, 0.5) is 0 Å². The number of rotatable bonds is 5. The lowest BCUT2D eigenvalue weighted by Gasteiger charge is -2.07. The van der Waals surface area contributed by atoms with E-state index in [1.165, 1.54) is 10.8 Å². The Bertz CT molecular complexity index is 756. The first-order valence-corrected chi connectivity index (χ1v) is 6.55. The smallest absolute Gasteiger partial charge is 0.328 e. The van der Waals surface area contributed by atoms with Crippen LogP contribution in [0.25, 0.3) is 0 Å². The molecule has 1 aromatic heterocycles. The molecule has 0 radical (unpaired) electrons. The van der Waals surface area contributed by atoms with Crippen molar-refractivity contribution in [2.24, 2.45) is 0 Å². The van der Waals surface area contributed by atoms with Gasteiger partial charge < -0.3 is 4.74 Å². The van der Waals surface area contributed by atoms with Crippen LogP contribution in [-0.4, -0.2) is 22.4 Å². The van der Waals surface area contributed by atoms with Crippen molar-refractivity contribution < 1.29 is 9.53 Å². The quantitative estimate of drug-likeness (QED) is 0.832. The van der Waals surface area contributed by atoms with Gasteiger partial charge in [0.15, 0.2) is 5.78 Å². The number of carbonyl (C=O) groups is 1. The number of ketones is 1. The summed E-state index contributed by atoms with van der Waals surface area (Å²) in [6.07, 6.45) is 1.93. The second-order valence-electron chi connectivity index (χ2n) is 4.55. The van der Waals surface area contributed by atoms with E-state index in [4.69, 9.17) is 4.74 Å². The number of aryl methyl sites for hydroxylation is 1. The summed E-state index contributed by atoms with van der Waals surface area (Å²) in [5.74, 6) is 0.440. The van der Waals surface area contributed by atoms with Gasteiger partial charge in [0.05, 0.1) is 13.7 Å². The van der Waals surface area contributed by atoms with Crippen LogP contribution < -0.4 is 16.0 Å². The van der Waals surface area contributed by atoms with Crippen LogP contribution in [0.15, 0.2) is 40.1 Å². The van der Waals surface area contributed by atoms with Crippen LogP contribution in [0.1, 0.15) is 22.8 Å². The van der Waals surface area contributed by atoms with Crippen molar-refractivity contribution in [3.63, 3.8) is 0 Å². The number of benzene rings is 1. The van der Waals surface area contributed by atoms with Crippen molar-refractivity contribution >= 4 is 5.78 Å². The van der Waals surface area contributed by atoms with E-state index in [0.29, 0.717) is 23.3 Å². The van der Waals surface area contributed by atoms with E-state index in [-0.39, 0.29) is 12.3 Å². The van der Waals surface area contributed by atoms with Crippen molar-refractivity contribution in [3.05, 3.63) is 62.4 Å². The molecule has 0 fully saturated rings. The maximum absolute atomic E-state index is 12.2. The predicted octanol–water partition coefficient (Wildman–Crippen LogP) is 0.990. The van der Waals surface area contributed by atoms with Crippen LogP contribution in [0.5, 0.6) is 5.75 Å². The summed E-state index contributed by atoms with van der Waals surface area (Å²) in [4.78, 5) is 37.6. The van der Waals surface area contributed by atoms with Gasteiger partial charge in [-0.15, -0.1) is 0 Å². The minimum absolute atomic E-state index is 0.116. The summed E-state index contributed by atoms with van der Waals surface area (Å²) in [5, 5.41) is 0. The van der Waals surface area contributed by atoms with Gasteiger partial charge in [0.25, 0.3) is 5.56 Å². The van der Waals surface area contributed by atoms with Gasteiger partial charge in [0.1, 0.15) is 5.75 Å². The van der Waals surface area contributed by atoms with Gasteiger partial charge in [-0.3, -0.25) is 19.1 Å². The third kappa shape index (κ3) is 3.28. The Labute approximate surface area is 121 Å². The van der Waals surface area contributed by atoms with Crippen LogP contribution in [0.2, 0.25) is 0 Å². The normalized spacial score (nSPS) is 10.4. The highest BCUT2D eigenvalue weighted by Gasteiger charge is 2.10. The zero-order valence-electron chi connectivity index (χ0n) is 11.9. The molecule has 21 heavy (non-hydrogen) atoms. The average molecular weight is 288 g/mol. The van der Waals surface area contributed by atoms with Crippen molar-refractivity contribution in [2.45, 2.75) is 19.9 Å². The first kappa shape index (κ1) is 14.8. The lowest BCUT2D eigenvalue weighted by atomic mass is 10.1. The highest BCUT2D eigenvalue weighted by molar-refractivity contribution is 5.95. The van der Waals surface area contributed by atoms with Gasteiger partial charge in [0.2, 0.25) is 0 Å². The van der Waals surface area contributed by atoms with Crippen molar-refractivity contribution in [3.8, 4) is 5.75 Å². The van der Waals surface area contributed by atoms with Crippen molar-refractivity contribution in [1.82, 2.24) is 9.55 Å². The maximum atomic E-state index is 12.2. The minimum atomic E-state index is -0.584. The van der Waals surface area contributed by atoms with E-state index in [2.05, 4.69) is 4.98 Å². The van der Waals surface area contributed by atoms with Gasteiger partial charge in [-0.2, -0.15) is 0 Å². The number of hydrogen-bond donors (Lipinski definition) is 1. The third-order valence-electron chi connectivity index (χ3n) is 3.19. The maximum Gasteiger partial charge on any atom is 0.328 e. The Morgan fingerprint density at radius 3 is 2.48 bits per heavy atom. The fourth-order valence-corrected chi connectivity index (χ4v) is 1.95. The van der Waals surface area contributed by atoms with E-state index < -0.39 is 11.2 Å². The SMILES string of the molecule is CCc1cn(CC(=O)c2ccc(OC)cc2)c(=O)[nH]c1=O. The third-order valence-corrected chi connectivity index (χ3v) is 3.19. The molecule has 6 nitrogen and oxygen atoms in total. The summed E-state index contributed by atoms with van der Waals surface area (Å²) in [5.41, 5.74) is -0.0428. The summed E-state index contributed by atoms with van der Waals surface area (Å²) in [6.45, 7) is 1.69. The molecule has 110 valence electrons. The number of carbonyl (C=O) groups excluding carboxylic acids is 1. The average Bonchev–Trinajstić information content (AvgIpc) is 2.50. The molecule has 0 aliphatic carbocycles. The molecule has 1 heterocycles. The van der Waals surface area contributed by atoms with Gasteiger partial charge in [-0.05, 0) is 30.7 Å². The number of aromatic amines is 1. The molecule has 0 atom stereocenters. The molecule has 0 spiro atoms. The fraction of sp³-hybridized carbons (Fsp3) is 0.267. The van der Waals surface area contributed by atoms with Crippen molar-refractivity contribution in [1.29, 1.82) is 0 Å². The number of nitrogens with zero attached hydrogens (tertiary/aromatic N) is 1. The number of nitrogens with one attached hydrogen (secondary N) is 1. The largest absolute Gasteiger partial charge is 0.497 e. The molecule has 0 amide bonds. The molecule has 0 saturated heterocycles. The highest BCUT2D eigenvalue weighted by atomic mass is 16.5. The predicted molar refractivity (Wildman–Crippen MR) is 78.0 cm³/mol. The molecule has 0 saturated carbocycles. The summed E-state index contributed by atoms with van der Waals surface area (Å²) < 4.78 is 6.24. The van der Waals surface area contributed by atoms with E-state index in [0.717, 1.165) is 0 Å². The molecular formula is C15H16N2O4. The number of aromatic nitrogens is 2. The highest BCUT2D eigenvalue weighted by Crippen LogP contribution is 2.12. The molecular weight excluding hydrogens is 272 g/mol. The molecule has 6 heteroatoms. The molecule has 0 bridgehead atoms. The molecule has 0 unspecified atom stereocenters. The minimum Gasteiger partial charge on any atom is -0.497 e. The fourth-order valence-electron chi connectivity index (χ4n) is 1.95. The second kappa shape index (κ2) is 6.21. The lowest BCUT2D eigenvalue weighted by molar-refractivity contribution is 0.0970. The Morgan fingerprint density at radius 2 is 1.90 bits per heavy atom. The molecule has 0 aliphatic heterocycles. The van der Waals surface area contributed by atoms with E-state index in [1.807, 2.05) is 6.92 Å². The lowest BCUT2D eigenvalue weighted by Crippen LogP contribution is -2.33. The van der Waals surface area contributed by atoms with E-state index in [9.17, 15) is 14.4 Å². The number of methoxy groups -OCH3 is 1. The van der Waals surface area contributed by atoms with E-state index >= 15 is 0 Å². The zero-order chi connectivity index (χ0) is 15.4. The molecule has 2 aromatic rings. The summed E-state index contributed by atoms with van der Waals surface area (Å²) >= 11 is 0. The van der Waals surface area contributed by atoms with Gasteiger partial charge >= 0.3 is 5.69 Å². The topological polar surface area (TPSA) is 81.2 Å². The Hall–Kier alpha value is -2.63. The zero-order valence-corrected chi connectivity index (χ0v) is 11.9. The van der Waals surface area contributed by atoms with Crippen LogP contribution in [0.3, 0.4) is 0 Å². The molecule has 0 aliphatic rings. The number of Topliss-reactive ketones (excluding diaryl/α,β-unsaturated/α-hetero) is 1. The Kier molecular flexibility index (Phi) is 4.37. The molecule has 1 aromatic carbocycles. The van der Waals surface area contributed by atoms with Gasteiger partial charge in [0, 0.05) is 17.3 Å².